The normalized spacial score (nSPS) is 10.1. The quantitative estimate of drug-likeness (QED) is 0.577. The Labute approximate surface area is 88.7 Å². The number of halogens is 1. The number of ether oxygens (including phenoxy) is 1. The molecule has 0 saturated carbocycles. The van der Waals surface area contributed by atoms with Gasteiger partial charge in [-0.05, 0) is 13.0 Å². The number of hydrogen-bond donors (Lipinski definition) is 1. The van der Waals surface area contributed by atoms with E-state index in [9.17, 15) is 0 Å². The summed E-state index contributed by atoms with van der Waals surface area (Å²) in [6, 6.07) is 1.86. The van der Waals surface area contributed by atoms with E-state index in [4.69, 9.17) is 16.3 Å². The van der Waals surface area contributed by atoms with Crippen molar-refractivity contribution in [2.24, 2.45) is 0 Å². The average molecular weight is 216 g/mol. The summed E-state index contributed by atoms with van der Waals surface area (Å²) in [5.41, 5.74) is 0.948. The predicted octanol–water partition coefficient (Wildman–Crippen LogP) is 1.45. The molecule has 4 nitrogen and oxygen atoms in total. The van der Waals surface area contributed by atoms with Gasteiger partial charge in [0.2, 0.25) is 5.95 Å². The standard InChI is InChI=1S/C9H14ClN3O/c1-8-2-4-11-9(13-8)12-5-7-14-6-3-10/h2,4H,3,5-7H2,1H3,(H,11,12,13). The summed E-state index contributed by atoms with van der Waals surface area (Å²) in [5.74, 6) is 1.17. The van der Waals surface area contributed by atoms with E-state index in [1.54, 1.807) is 6.20 Å². The Balaban J connectivity index is 2.18. The molecule has 1 aromatic heterocycles. The molecule has 0 unspecified atom stereocenters. The summed E-state index contributed by atoms with van der Waals surface area (Å²) >= 11 is 5.45. The third-order valence-corrected chi connectivity index (χ3v) is 1.70. The first-order chi connectivity index (χ1) is 6.83. The summed E-state index contributed by atoms with van der Waals surface area (Å²) in [6.45, 7) is 3.82. The highest BCUT2D eigenvalue weighted by molar-refractivity contribution is 6.17. The molecular weight excluding hydrogens is 202 g/mol. The van der Waals surface area contributed by atoms with Crippen molar-refractivity contribution in [3.63, 3.8) is 0 Å². The SMILES string of the molecule is Cc1ccnc(NCCOCCCl)n1. The molecule has 0 aliphatic rings. The molecule has 1 aromatic rings. The smallest absolute Gasteiger partial charge is 0.222 e. The zero-order valence-electron chi connectivity index (χ0n) is 8.16. The molecular formula is C9H14ClN3O. The van der Waals surface area contributed by atoms with Crippen molar-refractivity contribution in [2.75, 3.05) is 31.0 Å². The van der Waals surface area contributed by atoms with Gasteiger partial charge in [-0.2, -0.15) is 0 Å². The molecule has 0 fully saturated rings. The number of rotatable bonds is 6. The van der Waals surface area contributed by atoms with Gasteiger partial charge in [0.1, 0.15) is 0 Å². The van der Waals surface area contributed by atoms with Gasteiger partial charge in [-0.15, -0.1) is 11.6 Å². The Bertz CT molecular complexity index is 270. The fourth-order valence-electron chi connectivity index (χ4n) is 0.926. The largest absolute Gasteiger partial charge is 0.378 e. The molecule has 1 heterocycles. The van der Waals surface area contributed by atoms with Crippen molar-refractivity contribution in [2.45, 2.75) is 6.92 Å². The zero-order chi connectivity index (χ0) is 10.2. The summed E-state index contributed by atoms with van der Waals surface area (Å²) in [4.78, 5) is 8.24. The van der Waals surface area contributed by atoms with Crippen LogP contribution in [0.3, 0.4) is 0 Å². The molecule has 0 aromatic carbocycles. The Morgan fingerprint density at radius 3 is 3.07 bits per heavy atom. The third-order valence-electron chi connectivity index (χ3n) is 1.55. The van der Waals surface area contributed by atoms with E-state index in [0.717, 1.165) is 5.69 Å². The minimum atomic E-state index is 0.529. The van der Waals surface area contributed by atoms with Crippen molar-refractivity contribution in [3.05, 3.63) is 18.0 Å². The average Bonchev–Trinajstić information content (AvgIpc) is 2.18. The first-order valence-corrected chi connectivity index (χ1v) is 5.03. The zero-order valence-corrected chi connectivity index (χ0v) is 8.92. The summed E-state index contributed by atoms with van der Waals surface area (Å²) in [5, 5.41) is 3.05. The van der Waals surface area contributed by atoms with Crippen LogP contribution >= 0.6 is 11.6 Å². The van der Waals surface area contributed by atoms with Crippen molar-refractivity contribution in [3.8, 4) is 0 Å². The van der Waals surface area contributed by atoms with Gasteiger partial charge in [0, 0.05) is 24.3 Å². The molecule has 1 rings (SSSR count). The molecule has 0 atom stereocenters. The minimum Gasteiger partial charge on any atom is -0.378 e. The van der Waals surface area contributed by atoms with Gasteiger partial charge < -0.3 is 10.1 Å². The van der Waals surface area contributed by atoms with Crippen LogP contribution in [0.5, 0.6) is 0 Å². The lowest BCUT2D eigenvalue weighted by Crippen LogP contribution is -2.12. The second-order valence-electron chi connectivity index (χ2n) is 2.75. The number of aryl methyl sites for hydroxylation is 1. The van der Waals surface area contributed by atoms with E-state index in [-0.39, 0.29) is 0 Å². The van der Waals surface area contributed by atoms with Gasteiger partial charge in [-0.3, -0.25) is 0 Å². The van der Waals surface area contributed by atoms with Crippen LogP contribution < -0.4 is 5.32 Å². The Morgan fingerprint density at radius 1 is 1.50 bits per heavy atom. The van der Waals surface area contributed by atoms with E-state index >= 15 is 0 Å². The molecule has 78 valence electrons. The van der Waals surface area contributed by atoms with Gasteiger partial charge in [0.25, 0.3) is 0 Å². The van der Waals surface area contributed by atoms with E-state index in [1.807, 2.05) is 13.0 Å². The number of aromatic nitrogens is 2. The Hall–Kier alpha value is -0.870. The fraction of sp³-hybridized carbons (Fsp3) is 0.556. The molecule has 0 aliphatic heterocycles. The molecule has 5 heteroatoms. The number of nitrogens with one attached hydrogen (secondary N) is 1. The first-order valence-electron chi connectivity index (χ1n) is 4.50. The van der Waals surface area contributed by atoms with Gasteiger partial charge >= 0.3 is 0 Å². The van der Waals surface area contributed by atoms with Crippen LogP contribution in [0.15, 0.2) is 12.3 Å². The number of alkyl halides is 1. The van der Waals surface area contributed by atoms with Crippen LogP contribution in [-0.4, -0.2) is 35.6 Å². The number of anilines is 1. The van der Waals surface area contributed by atoms with E-state index in [0.29, 0.717) is 31.6 Å². The van der Waals surface area contributed by atoms with Crippen molar-refractivity contribution in [1.82, 2.24) is 9.97 Å². The lowest BCUT2D eigenvalue weighted by molar-refractivity contribution is 0.160. The van der Waals surface area contributed by atoms with Gasteiger partial charge in [-0.25, -0.2) is 9.97 Å². The third kappa shape index (κ3) is 4.39. The van der Waals surface area contributed by atoms with E-state index in [1.165, 1.54) is 0 Å². The highest BCUT2D eigenvalue weighted by Crippen LogP contribution is 1.97. The summed E-state index contributed by atoms with van der Waals surface area (Å²) in [7, 11) is 0. The second kappa shape index (κ2) is 6.56. The van der Waals surface area contributed by atoms with Crippen LogP contribution in [0.4, 0.5) is 5.95 Å². The Morgan fingerprint density at radius 2 is 2.36 bits per heavy atom. The highest BCUT2D eigenvalue weighted by Gasteiger charge is 1.94. The molecule has 1 N–H and O–H groups in total. The van der Waals surface area contributed by atoms with Crippen LogP contribution in [0, 0.1) is 6.92 Å². The van der Waals surface area contributed by atoms with Crippen LogP contribution in [0.1, 0.15) is 5.69 Å². The predicted molar refractivity (Wildman–Crippen MR) is 56.8 cm³/mol. The maximum atomic E-state index is 5.45. The lowest BCUT2D eigenvalue weighted by Gasteiger charge is -2.04. The number of nitrogens with zero attached hydrogens (tertiary/aromatic N) is 2. The molecule has 0 bridgehead atoms. The maximum Gasteiger partial charge on any atom is 0.222 e. The van der Waals surface area contributed by atoms with Crippen molar-refractivity contribution >= 4 is 17.5 Å². The molecule has 0 amide bonds. The molecule has 0 saturated heterocycles. The topological polar surface area (TPSA) is 47.0 Å². The summed E-state index contributed by atoms with van der Waals surface area (Å²) < 4.78 is 5.18. The van der Waals surface area contributed by atoms with Gasteiger partial charge in [-0.1, -0.05) is 0 Å². The Kier molecular flexibility index (Phi) is 5.25. The van der Waals surface area contributed by atoms with E-state index in [2.05, 4.69) is 15.3 Å². The first kappa shape index (κ1) is 11.2. The molecule has 0 aliphatic carbocycles. The van der Waals surface area contributed by atoms with Gasteiger partial charge in [0.15, 0.2) is 0 Å². The molecule has 0 spiro atoms. The maximum absolute atomic E-state index is 5.45. The minimum absolute atomic E-state index is 0.529. The summed E-state index contributed by atoms with van der Waals surface area (Å²) in [6.07, 6.45) is 1.73. The monoisotopic (exact) mass is 215 g/mol. The van der Waals surface area contributed by atoms with Crippen LogP contribution in [-0.2, 0) is 4.74 Å². The van der Waals surface area contributed by atoms with Crippen LogP contribution in [0.2, 0.25) is 0 Å². The number of hydrogen-bond acceptors (Lipinski definition) is 4. The molecule has 0 radical (unpaired) electrons. The van der Waals surface area contributed by atoms with Crippen molar-refractivity contribution in [1.29, 1.82) is 0 Å². The fourth-order valence-corrected chi connectivity index (χ4v) is 1.03. The molecule has 14 heavy (non-hydrogen) atoms. The second-order valence-corrected chi connectivity index (χ2v) is 3.13. The van der Waals surface area contributed by atoms with Crippen LogP contribution in [0.25, 0.3) is 0 Å². The van der Waals surface area contributed by atoms with Crippen molar-refractivity contribution < 1.29 is 4.74 Å². The highest BCUT2D eigenvalue weighted by atomic mass is 35.5. The lowest BCUT2D eigenvalue weighted by atomic mass is 10.5. The van der Waals surface area contributed by atoms with E-state index < -0.39 is 0 Å². The van der Waals surface area contributed by atoms with Gasteiger partial charge in [0.05, 0.1) is 13.2 Å².